The fourth-order valence-corrected chi connectivity index (χ4v) is 3.25. The van der Waals surface area contributed by atoms with Crippen LogP contribution in [-0.4, -0.2) is 15.9 Å². The van der Waals surface area contributed by atoms with Crippen molar-refractivity contribution in [3.8, 4) is 11.3 Å². The van der Waals surface area contributed by atoms with Crippen molar-refractivity contribution in [2.24, 2.45) is 0 Å². The molecule has 0 saturated carbocycles. The highest BCUT2D eigenvalue weighted by molar-refractivity contribution is 5.94. The second-order valence-electron chi connectivity index (χ2n) is 9.73. The molecule has 0 aliphatic carbocycles. The molecule has 0 atom stereocenters. The van der Waals surface area contributed by atoms with Gasteiger partial charge in [0.05, 0.1) is 5.69 Å². The van der Waals surface area contributed by atoms with E-state index in [1.54, 1.807) is 18.6 Å². The molecule has 1 N–H and O–H groups in total. The number of hydrogen-bond donors (Lipinski definition) is 1. The minimum Gasteiger partial charge on any atom is -0.348 e. The number of carbonyl (C=O) groups excluding carboxylic acids is 1. The molecule has 3 aromatic rings. The largest absolute Gasteiger partial charge is 0.348 e. The third kappa shape index (κ3) is 5.12. The summed E-state index contributed by atoms with van der Waals surface area (Å²) in [5, 5.41) is 3.08. The molecule has 0 radical (unpaired) electrons. The second kappa shape index (κ2) is 8.39. The first-order valence-corrected chi connectivity index (χ1v) is 10.3. The normalized spacial score (nSPS) is 11.9. The smallest absolute Gasteiger partial charge is 0.251 e. The number of pyridine rings is 2. The van der Waals surface area contributed by atoms with Gasteiger partial charge in [0.25, 0.3) is 5.91 Å². The molecule has 0 aliphatic heterocycles. The summed E-state index contributed by atoms with van der Waals surface area (Å²) in [7, 11) is 0. The van der Waals surface area contributed by atoms with E-state index in [9.17, 15) is 4.79 Å². The summed E-state index contributed by atoms with van der Waals surface area (Å²) in [6.45, 7) is 13.4. The SMILES string of the molecule is CC(C)(C)c1cc(C(=O)NCc2cccnc2-c2cccnc2)cc(C(C)(C)C)c1. The van der Waals surface area contributed by atoms with Crippen LogP contribution in [0.4, 0.5) is 0 Å². The van der Waals surface area contributed by atoms with E-state index >= 15 is 0 Å². The van der Waals surface area contributed by atoms with Gasteiger partial charge in [-0.1, -0.05) is 53.7 Å². The number of benzene rings is 1. The van der Waals surface area contributed by atoms with Crippen LogP contribution in [0.2, 0.25) is 0 Å². The zero-order chi connectivity index (χ0) is 21.9. The summed E-state index contributed by atoms with van der Waals surface area (Å²) in [6.07, 6.45) is 5.29. The maximum atomic E-state index is 13.1. The van der Waals surface area contributed by atoms with Crippen LogP contribution in [0.15, 0.2) is 61.1 Å². The maximum Gasteiger partial charge on any atom is 0.251 e. The lowest BCUT2D eigenvalue weighted by atomic mass is 9.79. The fourth-order valence-electron chi connectivity index (χ4n) is 3.25. The van der Waals surface area contributed by atoms with Gasteiger partial charge < -0.3 is 5.32 Å². The molecule has 1 aromatic carbocycles. The lowest BCUT2D eigenvalue weighted by Gasteiger charge is -2.26. The van der Waals surface area contributed by atoms with Crippen LogP contribution in [0.3, 0.4) is 0 Å². The summed E-state index contributed by atoms with van der Waals surface area (Å²) in [6, 6.07) is 14.0. The Hall–Kier alpha value is -3.01. The van der Waals surface area contributed by atoms with E-state index in [0.29, 0.717) is 12.1 Å². The van der Waals surface area contributed by atoms with Gasteiger partial charge in [0.2, 0.25) is 0 Å². The Morgan fingerprint density at radius 3 is 2.10 bits per heavy atom. The summed E-state index contributed by atoms with van der Waals surface area (Å²) in [4.78, 5) is 21.8. The Morgan fingerprint density at radius 1 is 0.900 bits per heavy atom. The predicted octanol–water partition coefficient (Wildman–Crippen LogP) is 5.67. The number of nitrogens with zero attached hydrogens (tertiary/aromatic N) is 2. The Labute approximate surface area is 179 Å². The second-order valence-corrected chi connectivity index (χ2v) is 9.73. The third-order valence-corrected chi connectivity index (χ3v) is 5.19. The van der Waals surface area contributed by atoms with Crippen molar-refractivity contribution in [1.82, 2.24) is 15.3 Å². The first-order chi connectivity index (χ1) is 14.1. The summed E-state index contributed by atoms with van der Waals surface area (Å²) in [5.74, 6) is -0.0763. The zero-order valence-electron chi connectivity index (χ0n) is 18.8. The van der Waals surface area contributed by atoms with Crippen LogP contribution in [0.1, 0.15) is 68.6 Å². The topological polar surface area (TPSA) is 54.9 Å². The molecule has 0 spiro atoms. The van der Waals surface area contributed by atoms with Crippen molar-refractivity contribution in [3.63, 3.8) is 0 Å². The van der Waals surface area contributed by atoms with E-state index in [4.69, 9.17) is 0 Å². The number of aromatic nitrogens is 2. The molecule has 1 amide bonds. The Kier molecular flexibility index (Phi) is 6.06. The van der Waals surface area contributed by atoms with Gasteiger partial charge in [-0.3, -0.25) is 14.8 Å². The van der Waals surface area contributed by atoms with E-state index in [-0.39, 0.29) is 16.7 Å². The average Bonchev–Trinajstić information content (AvgIpc) is 2.71. The van der Waals surface area contributed by atoms with E-state index in [1.807, 2.05) is 36.4 Å². The van der Waals surface area contributed by atoms with Gasteiger partial charge >= 0.3 is 0 Å². The van der Waals surface area contributed by atoms with Crippen molar-refractivity contribution in [3.05, 3.63) is 83.3 Å². The quantitative estimate of drug-likeness (QED) is 0.613. The molecule has 4 nitrogen and oxygen atoms in total. The first-order valence-electron chi connectivity index (χ1n) is 10.3. The molecule has 30 heavy (non-hydrogen) atoms. The molecular formula is C26H31N3O. The van der Waals surface area contributed by atoms with Crippen molar-refractivity contribution in [2.45, 2.75) is 58.9 Å². The lowest BCUT2D eigenvalue weighted by molar-refractivity contribution is 0.0950. The van der Waals surface area contributed by atoms with Gasteiger partial charge in [0, 0.05) is 36.3 Å². The molecule has 2 heterocycles. The van der Waals surface area contributed by atoms with Gasteiger partial charge in [-0.2, -0.15) is 0 Å². The van der Waals surface area contributed by atoms with Gasteiger partial charge in [-0.15, -0.1) is 0 Å². The van der Waals surface area contributed by atoms with Crippen LogP contribution in [-0.2, 0) is 17.4 Å². The van der Waals surface area contributed by atoms with Crippen LogP contribution in [0, 0.1) is 0 Å². The summed E-state index contributed by atoms with van der Waals surface area (Å²) in [5.41, 5.74) is 5.69. The average molecular weight is 402 g/mol. The third-order valence-electron chi connectivity index (χ3n) is 5.19. The molecule has 0 aliphatic rings. The van der Waals surface area contributed by atoms with Crippen molar-refractivity contribution in [1.29, 1.82) is 0 Å². The lowest BCUT2D eigenvalue weighted by Crippen LogP contribution is -2.25. The monoisotopic (exact) mass is 401 g/mol. The molecule has 0 bridgehead atoms. The van der Waals surface area contributed by atoms with E-state index < -0.39 is 0 Å². The van der Waals surface area contributed by atoms with Gasteiger partial charge in [-0.25, -0.2) is 0 Å². The fraction of sp³-hybridized carbons (Fsp3) is 0.346. The number of amides is 1. The molecule has 3 rings (SSSR count). The number of hydrogen-bond acceptors (Lipinski definition) is 3. The van der Waals surface area contributed by atoms with Crippen LogP contribution in [0.5, 0.6) is 0 Å². The number of carbonyl (C=O) groups is 1. The van der Waals surface area contributed by atoms with E-state index in [2.05, 4.69) is 62.9 Å². The highest BCUT2D eigenvalue weighted by Gasteiger charge is 2.22. The minimum atomic E-state index is -0.0763. The maximum absolute atomic E-state index is 13.1. The molecule has 0 fully saturated rings. The van der Waals surface area contributed by atoms with Gasteiger partial charge in [0.15, 0.2) is 0 Å². The Balaban J connectivity index is 1.88. The first kappa shape index (κ1) is 21.7. The minimum absolute atomic E-state index is 0.0346. The molecule has 2 aromatic heterocycles. The van der Waals surface area contributed by atoms with Gasteiger partial charge in [-0.05, 0) is 57.9 Å². The van der Waals surface area contributed by atoms with E-state index in [0.717, 1.165) is 27.9 Å². The molecule has 0 saturated heterocycles. The van der Waals surface area contributed by atoms with E-state index in [1.165, 1.54) is 0 Å². The van der Waals surface area contributed by atoms with Crippen LogP contribution < -0.4 is 5.32 Å². The van der Waals surface area contributed by atoms with Crippen molar-refractivity contribution >= 4 is 5.91 Å². The summed E-state index contributed by atoms with van der Waals surface area (Å²) < 4.78 is 0. The molecule has 4 heteroatoms. The Morgan fingerprint density at radius 2 is 1.53 bits per heavy atom. The van der Waals surface area contributed by atoms with Crippen LogP contribution >= 0.6 is 0 Å². The highest BCUT2D eigenvalue weighted by atomic mass is 16.1. The summed E-state index contributed by atoms with van der Waals surface area (Å²) >= 11 is 0. The highest BCUT2D eigenvalue weighted by Crippen LogP contribution is 2.30. The predicted molar refractivity (Wildman–Crippen MR) is 122 cm³/mol. The van der Waals surface area contributed by atoms with Crippen molar-refractivity contribution < 1.29 is 4.79 Å². The number of nitrogens with one attached hydrogen (secondary N) is 1. The number of rotatable bonds is 4. The van der Waals surface area contributed by atoms with Gasteiger partial charge in [0.1, 0.15) is 0 Å². The Bertz CT molecular complexity index is 996. The molecule has 0 unspecified atom stereocenters. The van der Waals surface area contributed by atoms with Crippen LogP contribution in [0.25, 0.3) is 11.3 Å². The molecular weight excluding hydrogens is 370 g/mol. The standard InChI is InChI=1S/C26H31N3O/c1-25(2,3)21-13-20(14-22(15-21)26(4,5)6)24(30)29-17-19-10-8-12-28-23(19)18-9-7-11-27-16-18/h7-16H,17H2,1-6H3,(H,29,30). The zero-order valence-corrected chi connectivity index (χ0v) is 18.8. The molecule has 156 valence electrons. The van der Waals surface area contributed by atoms with Crippen molar-refractivity contribution in [2.75, 3.05) is 0 Å².